The summed E-state index contributed by atoms with van der Waals surface area (Å²) in [6.45, 7) is 4.60. The molecule has 4 fully saturated rings. The molecule has 0 radical (unpaired) electrons. The molecule has 0 saturated heterocycles. The summed E-state index contributed by atoms with van der Waals surface area (Å²) in [6, 6.07) is 10.1. The molecule has 1 aromatic carbocycles. The molecule has 0 heterocycles. The van der Waals surface area contributed by atoms with Gasteiger partial charge in [-0.15, -0.1) is 0 Å². The first-order valence-corrected chi connectivity index (χ1v) is 8.52. The summed E-state index contributed by atoms with van der Waals surface area (Å²) in [5.74, 6) is 4.09. The van der Waals surface area contributed by atoms with Gasteiger partial charge >= 0.3 is 0 Å². The van der Waals surface area contributed by atoms with Crippen LogP contribution in [-0.4, -0.2) is 6.04 Å². The summed E-state index contributed by atoms with van der Waals surface area (Å²) in [6.07, 6.45) is 7.57. The fourth-order valence-corrected chi connectivity index (χ4v) is 5.65. The lowest BCUT2D eigenvalue weighted by Crippen LogP contribution is -2.54. The van der Waals surface area contributed by atoms with Crippen molar-refractivity contribution in [2.45, 2.75) is 58.0 Å². The van der Waals surface area contributed by atoms with E-state index in [4.69, 9.17) is 0 Å². The summed E-state index contributed by atoms with van der Waals surface area (Å²) in [7, 11) is 0. The molecule has 4 aliphatic carbocycles. The average Bonchev–Trinajstić information content (AvgIpc) is 2.42. The van der Waals surface area contributed by atoms with Gasteiger partial charge in [0.25, 0.3) is 0 Å². The van der Waals surface area contributed by atoms with E-state index in [-0.39, 0.29) is 0 Å². The molecule has 0 aromatic heterocycles. The van der Waals surface area contributed by atoms with Crippen LogP contribution in [0.2, 0.25) is 0 Å². The largest absolute Gasteiger partial charge is 0.307 e. The Morgan fingerprint density at radius 1 is 0.950 bits per heavy atom. The van der Waals surface area contributed by atoms with Crippen LogP contribution >= 0.6 is 0 Å². The molecule has 0 spiro atoms. The lowest BCUT2D eigenvalue weighted by Gasteiger charge is -2.55. The minimum absolute atomic E-state index is 0.499. The Hall–Kier alpha value is -0.820. The normalized spacial score (nSPS) is 40.0. The van der Waals surface area contributed by atoms with Gasteiger partial charge in [-0.3, -0.25) is 0 Å². The van der Waals surface area contributed by atoms with Gasteiger partial charge in [0.15, 0.2) is 0 Å². The Balaban J connectivity index is 1.50. The lowest BCUT2D eigenvalue weighted by molar-refractivity contribution is -0.0171. The van der Waals surface area contributed by atoms with E-state index in [0.717, 1.165) is 29.7 Å². The van der Waals surface area contributed by atoms with E-state index in [2.05, 4.69) is 43.4 Å². The van der Waals surface area contributed by atoms with Gasteiger partial charge in [0, 0.05) is 12.1 Å². The van der Waals surface area contributed by atoms with Crippen LogP contribution in [0.5, 0.6) is 0 Å². The molecule has 4 saturated carbocycles. The Labute approximate surface area is 123 Å². The van der Waals surface area contributed by atoms with Crippen LogP contribution < -0.4 is 5.32 Å². The summed E-state index contributed by atoms with van der Waals surface area (Å²) in [5.41, 5.74) is 2.91. The van der Waals surface area contributed by atoms with Crippen molar-refractivity contribution in [3.8, 4) is 0 Å². The van der Waals surface area contributed by atoms with Gasteiger partial charge in [0.05, 0.1) is 0 Å². The zero-order valence-electron chi connectivity index (χ0n) is 12.8. The lowest BCUT2D eigenvalue weighted by atomic mass is 9.54. The highest BCUT2D eigenvalue weighted by Crippen LogP contribution is 2.54. The summed E-state index contributed by atoms with van der Waals surface area (Å²) in [5, 5.41) is 4.02. The maximum atomic E-state index is 4.02. The van der Waals surface area contributed by atoms with Crippen molar-refractivity contribution in [3.63, 3.8) is 0 Å². The molecule has 0 aliphatic heterocycles. The van der Waals surface area contributed by atoms with Crippen LogP contribution in [-0.2, 0) is 0 Å². The first kappa shape index (κ1) is 12.9. The van der Waals surface area contributed by atoms with E-state index in [1.807, 2.05) is 0 Å². The van der Waals surface area contributed by atoms with E-state index < -0.39 is 0 Å². The van der Waals surface area contributed by atoms with Crippen molar-refractivity contribution in [1.82, 2.24) is 5.32 Å². The summed E-state index contributed by atoms with van der Waals surface area (Å²) in [4.78, 5) is 0. The maximum absolute atomic E-state index is 4.02. The van der Waals surface area contributed by atoms with Crippen molar-refractivity contribution in [3.05, 3.63) is 35.4 Å². The van der Waals surface area contributed by atoms with Crippen molar-refractivity contribution in [2.24, 2.45) is 23.7 Å². The van der Waals surface area contributed by atoms with Gasteiger partial charge in [-0.05, 0) is 80.8 Å². The summed E-state index contributed by atoms with van der Waals surface area (Å²) >= 11 is 0. The van der Waals surface area contributed by atoms with Crippen LogP contribution in [0.25, 0.3) is 0 Å². The van der Waals surface area contributed by atoms with Crippen LogP contribution in [0.1, 0.15) is 56.2 Å². The number of benzene rings is 1. The molecule has 5 rings (SSSR count). The zero-order valence-corrected chi connectivity index (χ0v) is 12.8. The van der Waals surface area contributed by atoms with Gasteiger partial charge in [0.1, 0.15) is 0 Å². The van der Waals surface area contributed by atoms with E-state index in [0.29, 0.717) is 6.04 Å². The van der Waals surface area contributed by atoms with Crippen LogP contribution in [0, 0.1) is 30.6 Å². The first-order valence-electron chi connectivity index (χ1n) is 8.52. The maximum Gasteiger partial charge on any atom is 0.0297 e. The van der Waals surface area contributed by atoms with E-state index in [1.165, 1.54) is 36.8 Å². The molecule has 20 heavy (non-hydrogen) atoms. The predicted molar refractivity (Wildman–Crippen MR) is 83.6 cm³/mol. The summed E-state index contributed by atoms with van der Waals surface area (Å²) < 4.78 is 0. The third-order valence-corrected chi connectivity index (χ3v) is 6.32. The molecular weight excluding hydrogens is 242 g/mol. The predicted octanol–water partition coefficient (Wildman–Crippen LogP) is 4.47. The number of hydrogen-bond acceptors (Lipinski definition) is 1. The second kappa shape index (κ2) is 4.87. The molecule has 4 bridgehead atoms. The van der Waals surface area contributed by atoms with Gasteiger partial charge in [-0.1, -0.05) is 24.3 Å². The number of aryl methyl sites for hydroxylation is 1. The Morgan fingerprint density at radius 2 is 1.55 bits per heavy atom. The number of nitrogens with one attached hydrogen (secondary N) is 1. The fraction of sp³-hybridized carbons (Fsp3) is 0.684. The minimum Gasteiger partial charge on any atom is -0.307 e. The molecule has 108 valence electrons. The van der Waals surface area contributed by atoms with Crippen LogP contribution in [0.4, 0.5) is 0 Å². The monoisotopic (exact) mass is 269 g/mol. The van der Waals surface area contributed by atoms with Gasteiger partial charge in [-0.2, -0.15) is 0 Å². The molecule has 1 nitrogen and oxygen atoms in total. The molecule has 0 amide bonds. The van der Waals surface area contributed by atoms with Crippen LogP contribution in [0.3, 0.4) is 0 Å². The minimum atomic E-state index is 0.499. The highest BCUT2D eigenvalue weighted by atomic mass is 15.0. The van der Waals surface area contributed by atoms with Gasteiger partial charge in [-0.25, -0.2) is 0 Å². The molecular formula is C19H27N. The highest BCUT2D eigenvalue weighted by molar-refractivity contribution is 5.28. The second-order valence-corrected chi connectivity index (χ2v) is 7.70. The highest BCUT2D eigenvalue weighted by Gasteiger charge is 2.48. The third kappa shape index (κ3) is 2.11. The molecule has 1 aromatic rings. The molecule has 4 aliphatic rings. The van der Waals surface area contributed by atoms with Crippen molar-refractivity contribution in [2.75, 3.05) is 0 Å². The van der Waals surface area contributed by atoms with E-state index >= 15 is 0 Å². The van der Waals surface area contributed by atoms with Crippen molar-refractivity contribution >= 4 is 0 Å². The quantitative estimate of drug-likeness (QED) is 0.853. The van der Waals surface area contributed by atoms with Gasteiger partial charge < -0.3 is 5.32 Å². The Kier molecular flexibility index (Phi) is 3.14. The molecule has 1 heteroatoms. The first-order chi connectivity index (χ1) is 9.70. The number of hydrogen-bond donors (Lipinski definition) is 1. The Morgan fingerprint density at radius 3 is 2.15 bits per heavy atom. The number of rotatable bonds is 3. The fourth-order valence-electron chi connectivity index (χ4n) is 5.65. The van der Waals surface area contributed by atoms with Crippen molar-refractivity contribution in [1.29, 1.82) is 0 Å². The standard InChI is InChI=1S/C19H27N/c1-12-5-3-4-6-18(12)13(2)20-19-16-8-14-7-15(10-16)11-17(19)9-14/h3-6,13-17,19-20H,7-11H2,1-2H3/t13-,14?,15?,16?,17?,19?/m0/s1. The average molecular weight is 269 g/mol. The SMILES string of the molecule is Cc1ccccc1[C@H](C)NC1C2CC3CC(C2)CC1C3. The smallest absolute Gasteiger partial charge is 0.0297 e. The van der Waals surface area contributed by atoms with Crippen molar-refractivity contribution < 1.29 is 0 Å². The topological polar surface area (TPSA) is 12.0 Å². The second-order valence-electron chi connectivity index (χ2n) is 7.70. The molecule has 0 unspecified atom stereocenters. The van der Waals surface area contributed by atoms with E-state index in [1.54, 1.807) is 6.42 Å². The van der Waals surface area contributed by atoms with Gasteiger partial charge in [0.2, 0.25) is 0 Å². The third-order valence-electron chi connectivity index (χ3n) is 6.32. The molecule has 1 atom stereocenters. The zero-order chi connectivity index (χ0) is 13.7. The molecule has 1 N–H and O–H groups in total. The van der Waals surface area contributed by atoms with E-state index in [9.17, 15) is 0 Å². The Bertz CT molecular complexity index is 464. The van der Waals surface area contributed by atoms with Crippen LogP contribution in [0.15, 0.2) is 24.3 Å².